The predicted molar refractivity (Wildman–Crippen MR) is 276 cm³/mol. The molecule has 6 heterocycles. The number of pyridine rings is 2. The van der Waals surface area contributed by atoms with Gasteiger partial charge in [-0.05, 0) is 93.1 Å². The first-order chi connectivity index (χ1) is 37.3. The van der Waals surface area contributed by atoms with E-state index in [1.54, 1.807) is 61.7 Å². The average molecular weight is 1120 g/mol. The lowest BCUT2D eigenvalue weighted by atomic mass is 9.91. The van der Waals surface area contributed by atoms with E-state index in [2.05, 4.69) is 76.9 Å². The van der Waals surface area contributed by atoms with Crippen LogP contribution in [0.2, 0.25) is 0 Å². The van der Waals surface area contributed by atoms with Crippen LogP contribution in [-0.2, 0) is 59.5 Å². The number of carbonyl (C=O) groups excluding carboxylic acids is 4. The standard InChI is InChI=1S/C26H24F3N7O3S.C24H27F3N8O3.CH4/c27-26(28,29)39-20-9-5-6-17(14-20)15-22(37)31-21-12-11-18(33-34-21)7-1-2-10-24-35-36-25(40-24)32-23(38)16-19-8-3-4-13-30-19;1-14-7-18(38-19-10-24(26,27)11-19)8-17(29-14)9-22(36)30-21-6-5-16(31-33-21)4-3-15(25)12-35-13-20(32-34-35)23(37)28-2;/h3-6,8-9,11-14H,1-2,7,10,15-16H2,(H,31,34,37)(H,32,36,38);5-8,13,15,19H,3-4,9-12H2,1-2H3,(H,28,37)(H,30,33,36);1H4/t;15-;/m.1./s1. The normalized spacial score (nSPS) is 13.1. The Hall–Kier alpha value is -8.56. The van der Waals surface area contributed by atoms with Gasteiger partial charge in [0.15, 0.2) is 17.3 Å². The maximum absolute atomic E-state index is 14.4. The summed E-state index contributed by atoms with van der Waals surface area (Å²) in [5.41, 5.74) is 3.45. The third kappa shape index (κ3) is 20.4. The van der Waals surface area contributed by atoms with Crippen molar-refractivity contribution in [1.29, 1.82) is 0 Å². The van der Waals surface area contributed by atoms with Crippen LogP contribution in [0, 0.1) is 6.92 Å². The van der Waals surface area contributed by atoms with Gasteiger partial charge in [0.2, 0.25) is 22.9 Å². The number of alkyl halides is 6. The second-order valence-corrected chi connectivity index (χ2v) is 18.8. The second-order valence-electron chi connectivity index (χ2n) is 17.7. The maximum Gasteiger partial charge on any atom is 0.573 e. The molecule has 0 saturated heterocycles. The van der Waals surface area contributed by atoms with Gasteiger partial charge in [-0.3, -0.25) is 29.1 Å². The molecule has 0 radical (unpaired) electrons. The van der Waals surface area contributed by atoms with Gasteiger partial charge in [-0.2, -0.15) is 10.2 Å². The minimum atomic E-state index is -4.81. The number of amides is 4. The lowest BCUT2D eigenvalue weighted by molar-refractivity contribution is -0.274. The molecule has 28 heteroatoms. The van der Waals surface area contributed by atoms with Crippen molar-refractivity contribution in [2.24, 2.45) is 0 Å². The quantitative estimate of drug-likeness (QED) is 0.0354. The molecule has 0 aliphatic heterocycles. The number of ether oxygens (including phenoxy) is 2. The predicted octanol–water partition coefficient (Wildman–Crippen LogP) is 7.65. The molecule has 4 N–H and O–H groups in total. The van der Waals surface area contributed by atoms with Gasteiger partial charge in [0.05, 0.1) is 49.1 Å². The zero-order chi connectivity index (χ0) is 55.7. The van der Waals surface area contributed by atoms with Crippen LogP contribution >= 0.6 is 11.3 Å². The number of nitrogens with zero attached hydrogens (tertiary/aromatic N) is 11. The molecular formula is C51H55F6N15O6S. The summed E-state index contributed by atoms with van der Waals surface area (Å²) >= 11 is 1.33. The van der Waals surface area contributed by atoms with E-state index in [1.807, 2.05) is 6.07 Å². The summed E-state index contributed by atoms with van der Waals surface area (Å²) < 4.78 is 88.4. The van der Waals surface area contributed by atoms with E-state index in [-0.39, 0.29) is 81.6 Å². The fraction of sp³-hybridized carbons (Fsp3) is 0.373. The molecule has 1 saturated carbocycles. The SMILES string of the molecule is C.CNC(=O)c1cn(C[C@H](F)CCc2ccc(NC(=O)Cc3cc(OC4CC(F)(F)C4)cc(C)n3)nn2)nn1.O=C(Cc1cccc(OC(F)(F)F)c1)Nc1ccc(CCCCc2nnc(NC(=O)Cc3ccccn3)s2)nn1. The Morgan fingerprint density at radius 2 is 1.43 bits per heavy atom. The van der Waals surface area contributed by atoms with Crippen LogP contribution in [0.3, 0.4) is 0 Å². The number of aryl methyl sites for hydroxylation is 4. The van der Waals surface area contributed by atoms with E-state index in [4.69, 9.17) is 4.74 Å². The Balaban J connectivity index is 0.000000252. The third-order valence-electron chi connectivity index (χ3n) is 11.1. The monoisotopic (exact) mass is 1120 g/mol. The van der Waals surface area contributed by atoms with Crippen LogP contribution in [0.1, 0.15) is 89.1 Å². The highest BCUT2D eigenvalue weighted by molar-refractivity contribution is 7.15. The largest absolute Gasteiger partial charge is 0.573 e. The number of anilines is 3. The number of halogens is 6. The van der Waals surface area contributed by atoms with E-state index in [0.29, 0.717) is 58.5 Å². The van der Waals surface area contributed by atoms with Crippen LogP contribution in [0.5, 0.6) is 11.5 Å². The fourth-order valence-corrected chi connectivity index (χ4v) is 8.27. The van der Waals surface area contributed by atoms with Crippen molar-refractivity contribution in [2.75, 3.05) is 23.0 Å². The van der Waals surface area contributed by atoms with E-state index in [1.165, 1.54) is 41.4 Å². The minimum Gasteiger partial charge on any atom is -0.490 e. The molecule has 0 bridgehead atoms. The van der Waals surface area contributed by atoms with Crippen molar-refractivity contribution in [3.8, 4) is 11.5 Å². The summed E-state index contributed by atoms with van der Waals surface area (Å²) in [6, 6.07) is 20.4. The molecule has 1 fully saturated rings. The first-order valence-electron chi connectivity index (χ1n) is 24.2. The number of unbranched alkanes of at least 4 members (excludes halogenated alkanes) is 1. The topological polar surface area (TPSA) is 269 Å². The van der Waals surface area contributed by atoms with E-state index < -0.39 is 42.1 Å². The molecule has 21 nitrogen and oxygen atoms in total. The van der Waals surface area contributed by atoms with E-state index in [0.717, 1.165) is 35.7 Å². The van der Waals surface area contributed by atoms with Crippen LogP contribution in [-0.4, -0.2) is 111 Å². The lowest BCUT2D eigenvalue weighted by Gasteiger charge is -2.34. The minimum absolute atomic E-state index is 0. The Labute approximate surface area is 452 Å². The van der Waals surface area contributed by atoms with Gasteiger partial charge in [0.25, 0.3) is 11.8 Å². The van der Waals surface area contributed by atoms with Crippen molar-refractivity contribution in [2.45, 2.75) is 116 Å². The van der Waals surface area contributed by atoms with Gasteiger partial charge in [0, 0.05) is 56.0 Å². The first-order valence-corrected chi connectivity index (χ1v) is 25.0. The molecule has 1 aliphatic carbocycles. The number of nitrogens with one attached hydrogen (secondary N) is 4. The van der Waals surface area contributed by atoms with Crippen LogP contribution < -0.4 is 30.7 Å². The zero-order valence-corrected chi connectivity index (χ0v) is 42.7. The molecule has 0 spiro atoms. The molecule has 4 amide bonds. The lowest BCUT2D eigenvalue weighted by Crippen LogP contribution is -2.43. The van der Waals surface area contributed by atoms with Crippen LogP contribution in [0.25, 0.3) is 0 Å². The summed E-state index contributed by atoms with van der Waals surface area (Å²) in [5.74, 6) is -3.66. The number of rotatable bonds is 23. The Morgan fingerprint density at radius 3 is 2.09 bits per heavy atom. The summed E-state index contributed by atoms with van der Waals surface area (Å²) in [6.45, 7) is 1.67. The van der Waals surface area contributed by atoms with Gasteiger partial charge >= 0.3 is 6.36 Å². The van der Waals surface area contributed by atoms with Crippen molar-refractivity contribution in [3.63, 3.8) is 0 Å². The highest BCUT2D eigenvalue weighted by Crippen LogP contribution is 2.40. The number of hydrogen-bond donors (Lipinski definition) is 4. The molecule has 79 heavy (non-hydrogen) atoms. The number of aromatic nitrogens is 11. The van der Waals surface area contributed by atoms with Crippen LogP contribution in [0.15, 0.2) is 91.3 Å². The third-order valence-corrected chi connectivity index (χ3v) is 12.0. The molecule has 1 aromatic carbocycles. The molecule has 1 atom stereocenters. The summed E-state index contributed by atoms with van der Waals surface area (Å²) in [5, 5.41) is 43.3. The molecule has 6 aromatic heterocycles. The van der Waals surface area contributed by atoms with Gasteiger partial charge in [-0.25, -0.2) is 17.9 Å². The molecule has 1 aliphatic rings. The Bertz CT molecular complexity index is 3110. The molecule has 0 unspecified atom stereocenters. The average Bonchev–Trinajstić information content (AvgIpc) is 4.05. The van der Waals surface area contributed by atoms with E-state index >= 15 is 0 Å². The zero-order valence-electron chi connectivity index (χ0n) is 41.8. The van der Waals surface area contributed by atoms with Gasteiger partial charge in [0.1, 0.15) is 28.8 Å². The van der Waals surface area contributed by atoms with Crippen molar-refractivity contribution in [3.05, 3.63) is 136 Å². The summed E-state index contributed by atoms with van der Waals surface area (Å²) in [6.07, 6.45) is -0.848. The highest BCUT2D eigenvalue weighted by Gasteiger charge is 2.47. The highest BCUT2D eigenvalue weighted by atomic mass is 32.1. The first kappa shape index (κ1) is 59.7. The summed E-state index contributed by atoms with van der Waals surface area (Å²) in [7, 11) is 1.47. The second kappa shape index (κ2) is 28.2. The maximum atomic E-state index is 14.4. The van der Waals surface area contributed by atoms with Crippen molar-refractivity contribution >= 4 is 51.7 Å². The van der Waals surface area contributed by atoms with Crippen LogP contribution in [0.4, 0.5) is 43.1 Å². The Morgan fingerprint density at radius 1 is 0.747 bits per heavy atom. The molecule has 8 rings (SSSR count). The summed E-state index contributed by atoms with van der Waals surface area (Å²) in [4.78, 5) is 56.8. The smallest absolute Gasteiger partial charge is 0.490 e. The van der Waals surface area contributed by atoms with Crippen molar-refractivity contribution in [1.82, 2.24) is 60.9 Å². The van der Waals surface area contributed by atoms with Gasteiger partial charge < -0.3 is 30.7 Å². The fourth-order valence-electron chi connectivity index (χ4n) is 7.48. The molecule has 418 valence electrons. The van der Waals surface area contributed by atoms with E-state index in [9.17, 15) is 45.5 Å². The number of carbonyl (C=O) groups is 4. The number of hydrogen-bond acceptors (Lipinski definition) is 17. The van der Waals surface area contributed by atoms with Gasteiger partial charge in [-0.15, -0.1) is 38.7 Å². The Kier molecular flexibility index (Phi) is 21.3. The molecule has 7 aromatic rings. The van der Waals surface area contributed by atoms with Gasteiger partial charge in [-0.1, -0.05) is 42.2 Å². The van der Waals surface area contributed by atoms with Crippen molar-refractivity contribution < 1.29 is 55.0 Å². The number of benzene rings is 1. The molecular weight excluding hydrogens is 1060 g/mol.